The summed E-state index contributed by atoms with van der Waals surface area (Å²) >= 11 is 0. The van der Waals surface area contributed by atoms with Crippen molar-refractivity contribution in [3.05, 3.63) is 59.7 Å². The lowest BCUT2D eigenvalue weighted by molar-refractivity contribution is -0.121. The van der Waals surface area contributed by atoms with Crippen LogP contribution in [0.1, 0.15) is 28.8 Å². The van der Waals surface area contributed by atoms with Gasteiger partial charge in [-0.2, -0.15) is 10.4 Å². The second-order valence-electron chi connectivity index (χ2n) is 5.47. The first kappa shape index (κ1) is 19.7. The molecular weight excluding hydrogens is 346 g/mol. The lowest BCUT2D eigenvalue weighted by Gasteiger charge is -2.09. The molecule has 1 amide bonds. The summed E-state index contributed by atoms with van der Waals surface area (Å²) in [4.78, 5) is 24.2. The number of Topliss-reactive ketones (excluding diaryl/α,β-unsaturated/α-hetero) is 1. The van der Waals surface area contributed by atoms with Crippen molar-refractivity contribution in [2.24, 2.45) is 5.10 Å². The van der Waals surface area contributed by atoms with E-state index in [9.17, 15) is 9.59 Å². The van der Waals surface area contributed by atoms with E-state index in [1.807, 2.05) is 12.1 Å². The lowest BCUT2D eigenvalue weighted by Crippen LogP contribution is -2.20. The Hall–Kier alpha value is -3.66. The number of amides is 1. The van der Waals surface area contributed by atoms with Gasteiger partial charge in [0.25, 0.3) is 0 Å². The minimum Gasteiger partial charge on any atom is -0.493 e. The molecule has 2 aromatic carbocycles. The zero-order chi connectivity index (χ0) is 19.6. The summed E-state index contributed by atoms with van der Waals surface area (Å²) in [5.74, 6) is 0.302. The van der Waals surface area contributed by atoms with Crippen molar-refractivity contribution in [1.82, 2.24) is 5.43 Å². The monoisotopic (exact) mass is 365 g/mol. The van der Waals surface area contributed by atoms with E-state index >= 15 is 0 Å². The van der Waals surface area contributed by atoms with Gasteiger partial charge in [0.05, 0.1) is 14.2 Å². The fourth-order valence-electron chi connectivity index (χ4n) is 2.31. The standard InChI is InChI=1S/C20H19N3O4/c1-26-18-10-8-15(12-19(18)27-2)17(24)9-11-20(25)23-22-16(13-21)14-6-4-3-5-7-14/h3-8,10,12H,9,11H2,1-2H3,(H,23,25)/b22-16+. The number of nitriles is 1. The van der Waals surface area contributed by atoms with Gasteiger partial charge in [-0.25, -0.2) is 5.43 Å². The highest BCUT2D eigenvalue weighted by Crippen LogP contribution is 2.28. The smallest absolute Gasteiger partial charge is 0.240 e. The van der Waals surface area contributed by atoms with Crippen LogP contribution in [-0.4, -0.2) is 31.6 Å². The van der Waals surface area contributed by atoms with Crippen LogP contribution in [0.2, 0.25) is 0 Å². The highest BCUT2D eigenvalue weighted by atomic mass is 16.5. The van der Waals surface area contributed by atoms with Crippen molar-refractivity contribution in [3.63, 3.8) is 0 Å². The Labute approximate surface area is 157 Å². The molecule has 0 spiro atoms. The number of hydrazone groups is 1. The number of rotatable bonds is 8. The molecule has 2 aromatic rings. The van der Waals surface area contributed by atoms with Gasteiger partial charge in [0, 0.05) is 24.0 Å². The van der Waals surface area contributed by atoms with Crippen LogP contribution in [0, 0.1) is 11.3 Å². The highest BCUT2D eigenvalue weighted by Gasteiger charge is 2.13. The van der Waals surface area contributed by atoms with Gasteiger partial charge in [-0.1, -0.05) is 30.3 Å². The molecule has 0 bridgehead atoms. The van der Waals surface area contributed by atoms with Crippen LogP contribution < -0.4 is 14.9 Å². The van der Waals surface area contributed by atoms with Gasteiger partial charge in [-0.3, -0.25) is 9.59 Å². The van der Waals surface area contributed by atoms with Crippen LogP contribution in [0.25, 0.3) is 0 Å². The van der Waals surface area contributed by atoms with E-state index in [1.54, 1.807) is 42.5 Å². The summed E-state index contributed by atoms with van der Waals surface area (Å²) in [5, 5.41) is 13.0. The van der Waals surface area contributed by atoms with Gasteiger partial charge >= 0.3 is 0 Å². The molecule has 1 N–H and O–H groups in total. The van der Waals surface area contributed by atoms with E-state index in [2.05, 4.69) is 10.5 Å². The van der Waals surface area contributed by atoms with Gasteiger partial charge in [0.2, 0.25) is 5.91 Å². The van der Waals surface area contributed by atoms with Gasteiger partial charge < -0.3 is 9.47 Å². The SMILES string of the molecule is COc1ccc(C(=O)CCC(=O)N/N=C(\C#N)c2ccccc2)cc1OC. The summed E-state index contributed by atoms with van der Waals surface area (Å²) in [5.41, 5.74) is 3.42. The fourth-order valence-corrected chi connectivity index (χ4v) is 2.31. The largest absolute Gasteiger partial charge is 0.493 e. The molecule has 27 heavy (non-hydrogen) atoms. The number of hydrogen-bond acceptors (Lipinski definition) is 6. The predicted octanol–water partition coefficient (Wildman–Crippen LogP) is 2.71. The third-order valence-corrected chi connectivity index (χ3v) is 3.73. The maximum Gasteiger partial charge on any atom is 0.240 e. The highest BCUT2D eigenvalue weighted by molar-refractivity contribution is 6.11. The number of methoxy groups -OCH3 is 2. The fraction of sp³-hybridized carbons (Fsp3) is 0.200. The summed E-state index contributed by atoms with van der Waals surface area (Å²) in [6.07, 6.45) is -0.0474. The Morgan fingerprint density at radius 1 is 1.00 bits per heavy atom. The summed E-state index contributed by atoms with van der Waals surface area (Å²) in [6.45, 7) is 0. The van der Waals surface area contributed by atoms with Crippen molar-refractivity contribution < 1.29 is 19.1 Å². The van der Waals surface area contributed by atoms with Crippen LogP contribution in [-0.2, 0) is 4.79 Å². The van der Waals surface area contributed by atoms with E-state index < -0.39 is 5.91 Å². The molecule has 0 radical (unpaired) electrons. The zero-order valence-corrected chi connectivity index (χ0v) is 15.1. The van der Waals surface area contributed by atoms with Crippen molar-refractivity contribution in [3.8, 4) is 17.6 Å². The number of hydrogen-bond donors (Lipinski definition) is 1. The van der Waals surface area contributed by atoms with Gasteiger partial charge in [0.15, 0.2) is 23.0 Å². The number of ketones is 1. The molecule has 0 aliphatic heterocycles. The average Bonchev–Trinajstić information content (AvgIpc) is 2.72. The number of ether oxygens (including phenoxy) is 2. The second-order valence-corrected chi connectivity index (χ2v) is 5.47. The third kappa shape index (κ3) is 5.41. The predicted molar refractivity (Wildman–Crippen MR) is 99.8 cm³/mol. The van der Waals surface area contributed by atoms with Gasteiger partial charge in [0.1, 0.15) is 6.07 Å². The number of carbonyl (C=O) groups is 2. The number of nitrogens with one attached hydrogen (secondary N) is 1. The second kappa shape index (κ2) is 9.73. The molecule has 7 nitrogen and oxygen atoms in total. The minimum absolute atomic E-state index is 0.00403. The number of carbonyl (C=O) groups excluding carboxylic acids is 2. The first-order chi connectivity index (χ1) is 13.1. The van der Waals surface area contributed by atoms with Crippen molar-refractivity contribution in [2.75, 3.05) is 14.2 Å². The van der Waals surface area contributed by atoms with E-state index in [0.29, 0.717) is 22.6 Å². The van der Waals surface area contributed by atoms with Gasteiger partial charge in [-0.15, -0.1) is 0 Å². The Balaban J connectivity index is 1.94. The molecule has 2 rings (SSSR count). The molecule has 0 heterocycles. The number of nitrogens with zero attached hydrogens (tertiary/aromatic N) is 2. The molecule has 7 heteroatoms. The maximum atomic E-state index is 12.3. The zero-order valence-electron chi connectivity index (χ0n) is 15.1. The van der Waals surface area contributed by atoms with Crippen LogP contribution in [0.5, 0.6) is 11.5 Å². The third-order valence-electron chi connectivity index (χ3n) is 3.73. The van der Waals surface area contributed by atoms with Crippen molar-refractivity contribution >= 4 is 17.4 Å². The molecular formula is C20H19N3O4. The molecule has 138 valence electrons. The Kier molecular flexibility index (Phi) is 7.08. The molecule has 0 aliphatic rings. The topological polar surface area (TPSA) is 101 Å². The number of benzene rings is 2. The Morgan fingerprint density at radius 2 is 1.70 bits per heavy atom. The van der Waals surface area contributed by atoms with Crippen LogP contribution in [0.4, 0.5) is 0 Å². The lowest BCUT2D eigenvalue weighted by atomic mass is 10.1. The molecule has 0 saturated heterocycles. The van der Waals surface area contributed by atoms with E-state index in [0.717, 1.165) is 0 Å². The molecule has 0 aliphatic carbocycles. The van der Waals surface area contributed by atoms with Crippen molar-refractivity contribution in [2.45, 2.75) is 12.8 Å². The quantitative estimate of drug-likeness (QED) is 0.440. The van der Waals surface area contributed by atoms with Crippen LogP contribution in [0.15, 0.2) is 53.6 Å². The van der Waals surface area contributed by atoms with E-state index in [-0.39, 0.29) is 24.3 Å². The summed E-state index contributed by atoms with van der Waals surface area (Å²) in [6, 6.07) is 15.5. The normalized spacial score (nSPS) is 10.6. The molecule has 0 saturated carbocycles. The first-order valence-corrected chi connectivity index (χ1v) is 8.16. The average molecular weight is 365 g/mol. The summed E-state index contributed by atoms with van der Waals surface area (Å²) < 4.78 is 10.3. The van der Waals surface area contributed by atoms with Gasteiger partial charge in [-0.05, 0) is 18.2 Å². The van der Waals surface area contributed by atoms with Crippen LogP contribution >= 0.6 is 0 Å². The van der Waals surface area contributed by atoms with E-state index in [4.69, 9.17) is 14.7 Å². The first-order valence-electron chi connectivity index (χ1n) is 8.16. The Morgan fingerprint density at radius 3 is 2.33 bits per heavy atom. The molecule has 0 atom stereocenters. The van der Waals surface area contributed by atoms with Crippen molar-refractivity contribution in [1.29, 1.82) is 5.26 Å². The molecule has 0 fully saturated rings. The molecule has 0 aromatic heterocycles. The van der Waals surface area contributed by atoms with E-state index in [1.165, 1.54) is 14.2 Å². The Bertz CT molecular complexity index is 886. The van der Waals surface area contributed by atoms with Crippen LogP contribution in [0.3, 0.4) is 0 Å². The minimum atomic E-state index is -0.451. The summed E-state index contributed by atoms with van der Waals surface area (Å²) in [7, 11) is 2.99. The molecule has 0 unspecified atom stereocenters. The maximum absolute atomic E-state index is 12.3.